The third-order valence-corrected chi connectivity index (χ3v) is 7.57. The number of hydrogen-bond donors (Lipinski definition) is 3. The van der Waals surface area contributed by atoms with E-state index in [-0.39, 0.29) is 34.9 Å². The first-order valence-electron chi connectivity index (χ1n) is 12.6. The molecule has 1 saturated heterocycles. The van der Waals surface area contributed by atoms with Gasteiger partial charge in [-0.1, -0.05) is 11.3 Å². The van der Waals surface area contributed by atoms with Gasteiger partial charge in [0.1, 0.15) is 9.88 Å². The van der Waals surface area contributed by atoms with Gasteiger partial charge in [-0.05, 0) is 38.3 Å². The maximum atomic E-state index is 12.9. The molecule has 6 radical (unpaired) electrons. The average molecular weight is 551 g/mol. The number of hydrogen-bond acceptors (Lipinski definition) is 9. The van der Waals surface area contributed by atoms with Crippen molar-refractivity contribution in [2.75, 3.05) is 30.8 Å². The molecule has 3 N–H and O–H groups in total. The maximum Gasteiger partial charge on any atom is 0.272 e. The Morgan fingerprint density at radius 1 is 1.12 bits per heavy atom. The van der Waals surface area contributed by atoms with Crippen molar-refractivity contribution in [2.45, 2.75) is 31.4 Å². The van der Waals surface area contributed by atoms with E-state index in [0.29, 0.717) is 32.6 Å². The Hall–Kier alpha value is -3.87. The van der Waals surface area contributed by atoms with Gasteiger partial charge in [-0.15, -0.1) is 21.5 Å². The van der Waals surface area contributed by atoms with Gasteiger partial charge < -0.3 is 25.6 Å². The van der Waals surface area contributed by atoms with E-state index in [1.54, 1.807) is 24.0 Å². The van der Waals surface area contributed by atoms with Crippen molar-refractivity contribution >= 4 is 69.8 Å². The van der Waals surface area contributed by atoms with Gasteiger partial charge in [-0.25, -0.2) is 4.98 Å². The number of carbonyl (C=O) groups excluding carboxylic acids is 3. The number of anilines is 3. The number of likely N-dealkylation sites (tertiary alicyclic amines) is 1. The van der Waals surface area contributed by atoms with Crippen LogP contribution in [0.4, 0.5) is 17.2 Å². The van der Waals surface area contributed by atoms with Gasteiger partial charge >= 0.3 is 0 Å². The number of carbonyl (C=O) groups is 3. The molecule has 40 heavy (non-hydrogen) atoms. The first kappa shape index (κ1) is 27.7. The zero-order valence-electron chi connectivity index (χ0n) is 22.0. The summed E-state index contributed by atoms with van der Waals surface area (Å²) >= 11 is 1.29. The Kier molecular flexibility index (Phi) is 7.58. The van der Waals surface area contributed by atoms with Crippen LogP contribution in [0.5, 0.6) is 5.75 Å². The van der Waals surface area contributed by atoms with Gasteiger partial charge in [-0.3, -0.25) is 14.4 Å². The molecule has 5 rings (SSSR count). The molecular formula is C25H24B3N7O4S. The highest BCUT2D eigenvalue weighted by Gasteiger charge is 2.31. The van der Waals surface area contributed by atoms with Gasteiger partial charge in [0, 0.05) is 25.1 Å². The molecule has 1 aliphatic heterocycles. The van der Waals surface area contributed by atoms with Crippen LogP contribution >= 0.6 is 11.3 Å². The standard InChI is InChI=1S/C25H24B3N7O4S/c1-12-20(24(38)35-9-4-10-35)40-23(29-12)14-5-3-6-15(19(14)39-2)30-16-11-17(31-21(36)13-7-8-13)33-34-18(16)22(37)32-25(26,27)28/h3,5-6,11,13H,4,7-10H2,1-2H3,(H,32,37)(H2,30,31,33,36). The third-order valence-electron chi connectivity index (χ3n) is 6.39. The van der Waals surface area contributed by atoms with Crippen LogP contribution < -0.4 is 20.7 Å². The maximum absolute atomic E-state index is 12.9. The lowest BCUT2D eigenvalue weighted by Gasteiger charge is -2.30. The number of aromatic nitrogens is 3. The van der Waals surface area contributed by atoms with Gasteiger partial charge in [0.15, 0.2) is 17.3 Å². The van der Waals surface area contributed by atoms with Crippen LogP contribution in [0.15, 0.2) is 24.3 Å². The molecule has 3 heterocycles. The van der Waals surface area contributed by atoms with Crippen molar-refractivity contribution < 1.29 is 19.1 Å². The number of amides is 3. The minimum Gasteiger partial charge on any atom is -0.494 e. The number of rotatable bonds is 9. The Morgan fingerprint density at radius 3 is 2.50 bits per heavy atom. The molecule has 2 fully saturated rings. The van der Waals surface area contributed by atoms with E-state index in [4.69, 9.17) is 28.3 Å². The van der Waals surface area contributed by atoms with Crippen molar-refractivity contribution in [1.29, 1.82) is 0 Å². The zero-order chi connectivity index (χ0) is 28.6. The smallest absolute Gasteiger partial charge is 0.272 e. The second-order valence-electron chi connectivity index (χ2n) is 9.73. The number of ether oxygens (including phenoxy) is 1. The number of aryl methyl sites for hydroxylation is 1. The highest BCUT2D eigenvalue weighted by molar-refractivity contribution is 7.17. The summed E-state index contributed by atoms with van der Waals surface area (Å²) in [5, 5.41) is 14.7. The lowest BCUT2D eigenvalue weighted by molar-refractivity contribution is -0.117. The summed E-state index contributed by atoms with van der Waals surface area (Å²) in [7, 11) is 18.2. The SMILES string of the molecule is [B]C([B])([B])NC(=O)c1nnc(NC(=O)C2CC2)cc1Nc1cccc(-c2nc(C)c(C(=O)N3CCC3)s2)c1OC. The molecule has 2 aromatic heterocycles. The van der Waals surface area contributed by atoms with Crippen LogP contribution in [-0.4, -0.2) is 86.8 Å². The van der Waals surface area contributed by atoms with Crippen molar-refractivity contribution in [2.24, 2.45) is 5.92 Å². The highest BCUT2D eigenvalue weighted by Crippen LogP contribution is 2.41. The number of benzene rings is 1. The fourth-order valence-electron chi connectivity index (χ4n) is 4.09. The van der Waals surface area contributed by atoms with E-state index >= 15 is 0 Å². The number of thiazole rings is 1. The van der Waals surface area contributed by atoms with Crippen molar-refractivity contribution in [3.63, 3.8) is 0 Å². The van der Waals surface area contributed by atoms with E-state index in [9.17, 15) is 14.4 Å². The van der Waals surface area contributed by atoms with Crippen molar-refractivity contribution in [1.82, 2.24) is 25.4 Å². The van der Waals surface area contributed by atoms with Crippen molar-refractivity contribution in [3.05, 3.63) is 40.5 Å². The van der Waals surface area contributed by atoms with E-state index in [1.807, 2.05) is 6.07 Å². The van der Waals surface area contributed by atoms with Crippen LogP contribution in [0.2, 0.25) is 0 Å². The molecular weight excluding hydrogens is 527 g/mol. The molecule has 11 nitrogen and oxygen atoms in total. The summed E-state index contributed by atoms with van der Waals surface area (Å²) < 4.78 is 5.75. The summed E-state index contributed by atoms with van der Waals surface area (Å²) in [5.74, 6) is -0.500. The summed E-state index contributed by atoms with van der Waals surface area (Å²) in [6.07, 6.45) is 2.61. The Balaban J connectivity index is 1.50. The van der Waals surface area contributed by atoms with E-state index in [1.165, 1.54) is 24.5 Å². The number of nitrogens with one attached hydrogen (secondary N) is 3. The highest BCUT2D eigenvalue weighted by atomic mass is 32.1. The second kappa shape index (κ2) is 11.0. The molecule has 198 valence electrons. The molecule has 3 amide bonds. The largest absolute Gasteiger partial charge is 0.494 e. The minimum absolute atomic E-state index is 0.0316. The van der Waals surface area contributed by atoms with E-state index in [0.717, 1.165) is 32.4 Å². The summed E-state index contributed by atoms with van der Waals surface area (Å²) in [6, 6.07) is 6.81. The average Bonchev–Trinajstić information content (AvgIpc) is 3.63. The fraction of sp³-hybridized carbons (Fsp3) is 0.360. The molecule has 3 aromatic rings. The molecule has 2 aliphatic rings. The first-order chi connectivity index (χ1) is 19.0. The molecule has 0 atom stereocenters. The molecule has 1 saturated carbocycles. The molecule has 15 heteroatoms. The van der Waals surface area contributed by atoms with Crippen molar-refractivity contribution in [3.8, 4) is 16.3 Å². The lowest BCUT2D eigenvalue weighted by atomic mass is 9.49. The van der Waals surface area contributed by atoms with Crippen LogP contribution in [0, 0.1) is 12.8 Å². The van der Waals surface area contributed by atoms with Gasteiger partial charge in [0.2, 0.25) is 5.91 Å². The van der Waals surface area contributed by atoms with E-state index < -0.39 is 11.1 Å². The molecule has 0 bridgehead atoms. The quantitative estimate of drug-likeness (QED) is 0.342. The van der Waals surface area contributed by atoms with Crippen LogP contribution in [0.1, 0.15) is 45.1 Å². The molecule has 0 unspecified atom stereocenters. The molecule has 1 aromatic carbocycles. The van der Waals surface area contributed by atoms with Gasteiger partial charge in [0.25, 0.3) is 11.8 Å². The summed E-state index contributed by atoms with van der Waals surface area (Å²) in [6.45, 7) is 3.29. The summed E-state index contributed by atoms with van der Waals surface area (Å²) in [4.78, 5) is 45.1. The number of methoxy groups -OCH3 is 1. The zero-order valence-corrected chi connectivity index (χ0v) is 22.8. The summed E-state index contributed by atoms with van der Waals surface area (Å²) in [5.41, 5.74) is 1.75. The minimum atomic E-state index is -2.00. The number of nitrogens with zero attached hydrogens (tertiary/aromatic N) is 4. The Bertz CT molecular complexity index is 1490. The fourth-order valence-corrected chi connectivity index (χ4v) is 5.14. The van der Waals surface area contributed by atoms with Gasteiger partial charge in [-0.2, -0.15) is 0 Å². The lowest BCUT2D eigenvalue weighted by Crippen LogP contribution is -2.50. The van der Waals surface area contributed by atoms with Crippen LogP contribution in [0.3, 0.4) is 0 Å². The normalized spacial score (nSPS) is 14.7. The van der Waals surface area contributed by atoms with Crippen LogP contribution in [0.25, 0.3) is 10.6 Å². The number of para-hydroxylation sites is 1. The van der Waals surface area contributed by atoms with Gasteiger partial charge in [0.05, 0.1) is 53.3 Å². The first-order valence-corrected chi connectivity index (χ1v) is 13.4. The van der Waals surface area contributed by atoms with E-state index in [2.05, 4.69) is 31.1 Å². The second-order valence-corrected chi connectivity index (χ2v) is 10.7. The predicted molar refractivity (Wildman–Crippen MR) is 153 cm³/mol. The molecule has 0 spiro atoms. The van der Waals surface area contributed by atoms with Crippen LogP contribution in [-0.2, 0) is 4.79 Å². The monoisotopic (exact) mass is 551 g/mol. The topological polar surface area (TPSA) is 138 Å². The predicted octanol–water partition coefficient (Wildman–Crippen LogP) is 1.70. The Morgan fingerprint density at radius 2 is 1.88 bits per heavy atom. The molecule has 1 aliphatic carbocycles. The third kappa shape index (κ3) is 5.98. The Labute approximate surface area is 239 Å².